The van der Waals surface area contributed by atoms with Crippen molar-refractivity contribution in [1.82, 2.24) is 15.2 Å². The van der Waals surface area contributed by atoms with Crippen LogP contribution >= 0.6 is 0 Å². The second-order valence-corrected chi connectivity index (χ2v) is 9.44. The molecule has 0 atom stereocenters. The van der Waals surface area contributed by atoms with Gasteiger partial charge >= 0.3 is 0 Å². The fourth-order valence-corrected chi connectivity index (χ4v) is 4.50. The number of hydrogen-bond acceptors (Lipinski definition) is 4. The Balaban J connectivity index is 1.18. The van der Waals surface area contributed by atoms with Gasteiger partial charge in [-0.2, -0.15) is 0 Å². The Morgan fingerprint density at radius 2 is 1.54 bits per heavy atom. The molecule has 0 saturated carbocycles. The van der Waals surface area contributed by atoms with Crippen molar-refractivity contribution in [1.29, 1.82) is 0 Å². The predicted octanol–water partition coefficient (Wildman–Crippen LogP) is 5.13. The summed E-state index contributed by atoms with van der Waals surface area (Å²) in [5.74, 6) is -7.81. The summed E-state index contributed by atoms with van der Waals surface area (Å²) in [5, 5.41) is 2.91. The van der Waals surface area contributed by atoms with Crippen molar-refractivity contribution in [2.75, 3.05) is 37.6 Å². The Kier molecular flexibility index (Phi) is 9.51. The van der Waals surface area contributed by atoms with Gasteiger partial charge in [0.05, 0.1) is 11.1 Å². The Morgan fingerprint density at radius 1 is 0.821 bits per heavy atom. The lowest BCUT2D eigenvalue weighted by Gasteiger charge is -2.35. The molecular weight excluding hydrogens is 512 g/mol. The average Bonchev–Trinajstić information content (AvgIpc) is 2.97. The molecule has 0 unspecified atom stereocenters. The molecule has 1 aliphatic rings. The first-order valence-corrected chi connectivity index (χ1v) is 13.0. The number of nitrogens with one attached hydrogen (secondary N) is 1. The molecule has 0 radical (unpaired) electrons. The first-order valence-electron chi connectivity index (χ1n) is 13.0. The number of unbranched alkanes of at least 4 members (excludes halogenated alkanes) is 3. The van der Waals surface area contributed by atoms with Crippen molar-refractivity contribution in [3.05, 3.63) is 94.7 Å². The van der Waals surface area contributed by atoms with Gasteiger partial charge in [0.25, 0.3) is 11.8 Å². The summed E-state index contributed by atoms with van der Waals surface area (Å²) >= 11 is 0. The van der Waals surface area contributed by atoms with E-state index >= 15 is 0 Å². The minimum atomic E-state index is -2.01. The van der Waals surface area contributed by atoms with Gasteiger partial charge in [0.2, 0.25) is 0 Å². The molecule has 2 aromatic carbocycles. The van der Waals surface area contributed by atoms with Crippen molar-refractivity contribution in [3.63, 3.8) is 0 Å². The highest BCUT2D eigenvalue weighted by Gasteiger charge is 2.28. The highest BCUT2D eigenvalue weighted by molar-refractivity contribution is 5.95. The summed E-state index contributed by atoms with van der Waals surface area (Å²) in [6.07, 6.45) is 6.70. The molecule has 1 N–H and O–H groups in total. The van der Waals surface area contributed by atoms with Crippen LogP contribution < -0.4 is 10.2 Å². The van der Waals surface area contributed by atoms with Gasteiger partial charge in [-0.3, -0.25) is 9.59 Å². The van der Waals surface area contributed by atoms with E-state index in [1.807, 2.05) is 23.1 Å². The molecule has 10 heteroatoms. The molecule has 39 heavy (non-hydrogen) atoms. The molecule has 206 valence electrons. The van der Waals surface area contributed by atoms with E-state index in [0.717, 1.165) is 32.1 Å². The van der Waals surface area contributed by atoms with Gasteiger partial charge in [0, 0.05) is 38.9 Å². The van der Waals surface area contributed by atoms with Crippen LogP contribution in [0.25, 0.3) is 0 Å². The smallest absolute Gasteiger partial charge is 0.257 e. The van der Waals surface area contributed by atoms with Gasteiger partial charge in [-0.1, -0.05) is 43.2 Å². The highest BCUT2D eigenvalue weighted by atomic mass is 19.2. The summed E-state index contributed by atoms with van der Waals surface area (Å²) < 4.78 is 54.3. The third-order valence-corrected chi connectivity index (χ3v) is 6.75. The monoisotopic (exact) mass is 542 g/mol. The fraction of sp³-hybridized carbons (Fsp3) is 0.345. The summed E-state index contributed by atoms with van der Waals surface area (Å²) in [5.41, 5.74) is 0.930. The van der Waals surface area contributed by atoms with Crippen molar-refractivity contribution in [2.45, 2.75) is 32.1 Å². The van der Waals surface area contributed by atoms with Crippen LogP contribution in [0.5, 0.6) is 0 Å². The second-order valence-electron chi connectivity index (χ2n) is 9.44. The summed E-state index contributed by atoms with van der Waals surface area (Å²) in [4.78, 5) is 32.5. The summed E-state index contributed by atoms with van der Waals surface area (Å²) in [6, 6.07) is 14.1. The Hall–Kier alpha value is -3.95. The van der Waals surface area contributed by atoms with E-state index in [1.54, 1.807) is 12.1 Å². The quantitative estimate of drug-likeness (QED) is 0.167. The maximum absolute atomic E-state index is 14.0. The normalized spacial score (nSPS) is 13.4. The number of halogens is 4. The van der Waals surface area contributed by atoms with Crippen LogP contribution in [0.4, 0.5) is 23.4 Å². The highest BCUT2D eigenvalue weighted by Crippen LogP contribution is 2.22. The number of hydrogen-bond donors (Lipinski definition) is 1. The Labute approximate surface area is 224 Å². The number of aromatic nitrogens is 1. The van der Waals surface area contributed by atoms with E-state index in [-0.39, 0.29) is 19.0 Å². The van der Waals surface area contributed by atoms with Crippen molar-refractivity contribution in [3.8, 4) is 0 Å². The van der Waals surface area contributed by atoms with E-state index in [9.17, 15) is 27.2 Å². The number of aryl methyl sites for hydroxylation is 1. The molecule has 1 aromatic heterocycles. The first kappa shape index (κ1) is 28.1. The largest absolute Gasteiger partial charge is 0.353 e. The van der Waals surface area contributed by atoms with Crippen molar-refractivity contribution in [2.24, 2.45) is 0 Å². The number of rotatable bonds is 10. The molecule has 2 amide bonds. The summed E-state index contributed by atoms with van der Waals surface area (Å²) in [6.45, 7) is 1.55. The maximum Gasteiger partial charge on any atom is 0.257 e. The van der Waals surface area contributed by atoms with Crippen LogP contribution in [0.2, 0.25) is 0 Å². The van der Waals surface area contributed by atoms with Gasteiger partial charge in [-0.25, -0.2) is 22.5 Å². The number of benzene rings is 2. The molecule has 1 aliphatic heterocycles. The van der Waals surface area contributed by atoms with Crippen molar-refractivity contribution >= 4 is 17.6 Å². The number of amides is 2. The number of anilines is 1. The van der Waals surface area contributed by atoms with E-state index in [2.05, 4.69) is 22.4 Å². The molecule has 2 heterocycles. The standard InChI is InChI=1S/C29H30F4N4O2/c30-23-18-22(25(31)27(33)26(23)32)29(39)37-16-14-36(15-17-37)24-12-11-21(19-35-24)28(38)34-13-7-2-1-4-8-20-9-5-3-6-10-20/h3,5-6,9-12,18-19H,1-2,4,7-8,13-17H2,(H,34,38). The molecule has 4 rings (SSSR count). The van der Waals surface area contributed by atoms with Gasteiger partial charge in [-0.05, 0) is 43.0 Å². The predicted molar refractivity (Wildman–Crippen MR) is 140 cm³/mol. The van der Waals surface area contributed by atoms with E-state index in [0.29, 0.717) is 37.1 Å². The minimum Gasteiger partial charge on any atom is -0.353 e. The van der Waals surface area contributed by atoms with Crippen LogP contribution in [0.15, 0.2) is 54.7 Å². The van der Waals surface area contributed by atoms with E-state index < -0.39 is 34.7 Å². The number of carbonyl (C=O) groups is 2. The zero-order valence-electron chi connectivity index (χ0n) is 21.4. The molecule has 1 fully saturated rings. The number of nitrogens with zero attached hydrogens (tertiary/aromatic N) is 3. The van der Waals surface area contributed by atoms with Gasteiger partial charge in [0.15, 0.2) is 23.3 Å². The van der Waals surface area contributed by atoms with Gasteiger partial charge < -0.3 is 15.1 Å². The topological polar surface area (TPSA) is 65.5 Å². The van der Waals surface area contributed by atoms with Crippen LogP contribution in [-0.4, -0.2) is 54.4 Å². The number of piperazine rings is 1. The van der Waals surface area contributed by atoms with Crippen LogP contribution in [0, 0.1) is 23.3 Å². The Bertz CT molecular complexity index is 1280. The zero-order chi connectivity index (χ0) is 27.8. The number of carbonyl (C=O) groups excluding carboxylic acids is 2. The van der Waals surface area contributed by atoms with E-state index in [4.69, 9.17) is 0 Å². The summed E-state index contributed by atoms with van der Waals surface area (Å²) in [7, 11) is 0. The first-order chi connectivity index (χ1) is 18.8. The number of pyridine rings is 1. The second kappa shape index (κ2) is 13.2. The molecule has 0 aliphatic carbocycles. The minimum absolute atomic E-state index is 0.147. The lowest BCUT2D eigenvalue weighted by Crippen LogP contribution is -2.49. The molecule has 0 spiro atoms. The SMILES string of the molecule is O=C(NCCCCCCc1ccccc1)c1ccc(N2CCN(C(=O)c3cc(F)c(F)c(F)c3F)CC2)nc1. The fourth-order valence-electron chi connectivity index (χ4n) is 4.50. The molecule has 1 saturated heterocycles. The molecule has 6 nitrogen and oxygen atoms in total. The molecule has 3 aromatic rings. The third-order valence-electron chi connectivity index (χ3n) is 6.75. The average molecular weight is 543 g/mol. The molecule has 0 bridgehead atoms. The van der Waals surface area contributed by atoms with Crippen molar-refractivity contribution < 1.29 is 27.2 Å². The lowest BCUT2D eigenvalue weighted by atomic mass is 10.1. The van der Waals surface area contributed by atoms with Crippen LogP contribution in [-0.2, 0) is 6.42 Å². The Morgan fingerprint density at radius 3 is 2.23 bits per heavy atom. The van der Waals surface area contributed by atoms with E-state index in [1.165, 1.54) is 16.7 Å². The third kappa shape index (κ3) is 7.13. The lowest BCUT2D eigenvalue weighted by molar-refractivity contribution is 0.0739. The molecular formula is C29H30F4N4O2. The maximum atomic E-state index is 14.0. The van der Waals surface area contributed by atoms with Crippen LogP contribution in [0.1, 0.15) is 52.0 Å². The van der Waals surface area contributed by atoms with Gasteiger partial charge in [0.1, 0.15) is 5.82 Å². The van der Waals surface area contributed by atoms with Gasteiger partial charge in [-0.15, -0.1) is 0 Å². The van der Waals surface area contributed by atoms with Crippen LogP contribution in [0.3, 0.4) is 0 Å². The zero-order valence-corrected chi connectivity index (χ0v) is 21.4.